The minimum atomic E-state index is -0.455. The number of methoxy groups -OCH3 is 1. The zero-order valence-corrected chi connectivity index (χ0v) is 16.4. The topological polar surface area (TPSA) is 108 Å². The molecule has 0 saturated carbocycles. The molecule has 0 fully saturated rings. The Hall–Kier alpha value is -3.75. The first-order valence-corrected chi connectivity index (χ1v) is 9.00. The molecule has 2 aromatic carbocycles. The lowest BCUT2D eigenvalue weighted by molar-refractivity contribution is 0.0599. The number of aromatic nitrogens is 4. The van der Waals surface area contributed by atoms with Crippen LogP contribution in [-0.4, -0.2) is 39.2 Å². The lowest BCUT2D eigenvalue weighted by atomic mass is 10.1. The van der Waals surface area contributed by atoms with Crippen LogP contribution in [0.15, 0.2) is 42.5 Å². The Bertz CT molecular complexity index is 1030. The number of carbonyl (C=O) groups is 2. The van der Waals surface area contributed by atoms with Crippen LogP contribution in [0, 0.1) is 6.92 Å². The highest BCUT2D eigenvalue weighted by atomic mass is 16.5. The van der Waals surface area contributed by atoms with Gasteiger partial charge in [0.2, 0.25) is 0 Å². The van der Waals surface area contributed by atoms with Gasteiger partial charge in [-0.2, -0.15) is 0 Å². The second-order valence-electron chi connectivity index (χ2n) is 6.20. The second-order valence-corrected chi connectivity index (χ2v) is 6.20. The number of hydrogen-bond donors (Lipinski definition) is 1. The molecule has 0 aliphatic heterocycles. The van der Waals surface area contributed by atoms with Gasteiger partial charge in [0, 0.05) is 17.8 Å². The Morgan fingerprint density at radius 2 is 2.00 bits per heavy atom. The van der Waals surface area contributed by atoms with E-state index in [1.54, 1.807) is 54.1 Å². The molecule has 0 bridgehead atoms. The fourth-order valence-electron chi connectivity index (χ4n) is 2.68. The van der Waals surface area contributed by atoms with Crippen molar-refractivity contribution < 1.29 is 19.1 Å². The average molecular weight is 395 g/mol. The number of nitrogens with zero attached hydrogens (tertiary/aromatic N) is 4. The van der Waals surface area contributed by atoms with Crippen LogP contribution in [0.3, 0.4) is 0 Å². The van der Waals surface area contributed by atoms with E-state index in [2.05, 4.69) is 20.8 Å². The molecule has 1 heterocycles. The van der Waals surface area contributed by atoms with Crippen molar-refractivity contribution in [1.82, 2.24) is 20.2 Å². The Morgan fingerprint density at radius 3 is 2.76 bits per heavy atom. The van der Waals surface area contributed by atoms with Crippen molar-refractivity contribution in [2.24, 2.45) is 0 Å². The van der Waals surface area contributed by atoms with Gasteiger partial charge in [0.25, 0.3) is 5.91 Å². The third-order valence-electron chi connectivity index (χ3n) is 4.27. The Balaban J connectivity index is 1.70. The van der Waals surface area contributed by atoms with Crippen LogP contribution in [0.2, 0.25) is 0 Å². The van der Waals surface area contributed by atoms with Crippen LogP contribution >= 0.6 is 0 Å². The van der Waals surface area contributed by atoms with Crippen molar-refractivity contribution in [2.45, 2.75) is 27.0 Å². The maximum atomic E-state index is 12.6. The van der Waals surface area contributed by atoms with E-state index in [9.17, 15) is 9.59 Å². The molecular weight excluding hydrogens is 374 g/mol. The number of aryl methyl sites for hydroxylation is 2. The van der Waals surface area contributed by atoms with Crippen molar-refractivity contribution in [3.05, 3.63) is 65.0 Å². The molecule has 9 nitrogen and oxygen atoms in total. The van der Waals surface area contributed by atoms with Crippen molar-refractivity contribution in [3.63, 3.8) is 0 Å². The zero-order chi connectivity index (χ0) is 20.8. The van der Waals surface area contributed by atoms with Gasteiger partial charge in [-0.3, -0.25) is 4.79 Å². The molecular formula is C20H21N5O4. The van der Waals surface area contributed by atoms with Crippen molar-refractivity contribution >= 4 is 17.6 Å². The SMILES string of the molecule is CCn1nnnc1COc1cccc(C(=O)Nc2ccc(C)c(C(=O)OC)c2)c1. The van der Waals surface area contributed by atoms with Gasteiger partial charge in [-0.15, -0.1) is 5.10 Å². The monoisotopic (exact) mass is 395 g/mol. The summed E-state index contributed by atoms with van der Waals surface area (Å²) in [5, 5.41) is 14.2. The number of ether oxygens (including phenoxy) is 2. The molecule has 1 amide bonds. The molecule has 0 saturated heterocycles. The number of benzene rings is 2. The quantitative estimate of drug-likeness (QED) is 0.613. The number of carbonyl (C=O) groups excluding carboxylic acids is 2. The minimum absolute atomic E-state index is 0.187. The summed E-state index contributed by atoms with van der Waals surface area (Å²) >= 11 is 0. The average Bonchev–Trinajstić information content (AvgIpc) is 3.21. The number of anilines is 1. The molecule has 0 radical (unpaired) electrons. The van der Waals surface area contributed by atoms with Crippen LogP contribution in [0.5, 0.6) is 5.75 Å². The Morgan fingerprint density at radius 1 is 1.17 bits per heavy atom. The first kappa shape index (κ1) is 20.0. The fourth-order valence-corrected chi connectivity index (χ4v) is 2.68. The Labute approximate surface area is 167 Å². The highest BCUT2D eigenvalue weighted by Gasteiger charge is 2.13. The van der Waals surface area contributed by atoms with Crippen LogP contribution in [0.25, 0.3) is 0 Å². The number of amides is 1. The van der Waals surface area contributed by atoms with Crippen LogP contribution in [0.4, 0.5) is 5.69 Å². The lowest BCUT2D eigenvalue weighted by Gasteiger charge is -2.10. The van der Waals surface area contributed by atoms with Gasteiger partial charge < -0.3 is 14.8 Å². The molecule has 0 aliphatic rings. The maximum absolute atomic E-state index is 12.6. The third kappa shape index (κ3) is 4.75. The molecule has 0 unspecified atom stereocenters. The van der Waals surface area contributed by atoms with E-state index in [1.165, 1.54) is 7.11 Å². The minimum Gasteiger partial charge on any atom is -0.486 e. The highest BCUT2D eigenvalue weighted by Crippen LogP contribution is 2.19. The third-order valence-corrected chi connectivity index (χ3v) is 4.27. The largest absolute Gasteiger partial charge is 0.486 e. The van der Waals surface area contributed by atoms with Gasteiger partial charge in [0.15, 0.2) is 5.82 Å². The van der Waals surface area contributed by atoms with E-state index in [0.29, 0.717) is 34.9 Å². The number of esters is 1. The predicted molar refractivity (Wildman–Crippen MR) is 105 cm³/mol. The molecule has 0 aliphatic carbocycles. The predicted octanol–water partition coefficient (Wildman–Crippen LogP) is 2.62. The van der Waals surface area contributed by atoms with Crippen molar-refractivity contribution in [1.29, 1.82) is 0 Å². The van der Waals surface area contributed by atoms with Crippen LogP contribution in [-0.2, 0) is 17.9 Å². The summed E-state index contributed by atoms with van der Waals surface area (Å²) in [7, 11) is 1.32. The van der Waals surface area contributed by atoms with Gasteiger partial charge in [-0.1, -0.05) is 12.1 Å². The molecule has 3 aromatic rings. The summed E-state index contributed by atoms with van der Waals surface area (Å²) in [6.45, 7) is 4.56. The van der Waals surface area contributed by atoms with E-state index < -0.39 is 5.97 Å². The van der Waals surface area contributed by atoms with Gasteiger partial charge in [-0.05, 0) is 60.2 Å². The first-order chi connectivity index (χ1) is 14.0. The standard InChI is InChI=1S/C20H21N5O4/c1-4-25-18(22-23-24-25)12-29-16-7-5-6-14(10-16)19(26)21-15-9-8-13(2)17(11-15)20(27)28-3/h5-11H,4,12H2,1-3H3,(H,21,26). The normalized spacial score (nSPS) is 10.4. The van der Waals surface area contributed by atoms with E-state index in [0.717, 1.165) is 5.56 Å². The molecule has 0 spiro atoms. The van der Waals surface area contributed by atoms with Crippen molar-refractivity contribution in [3.8, 4) is 5.75 Å². The Kier molecular flexibility index (Phi) is 6.18. The summed E-state index contributed by atoms with van der Waals surface area (Å²) in [5.41, 5.74) is 2.07. The highest BCUT2D eigenvalue weighted by molar-refractivity contribution is 6.05. The molecule has 150 valence electrons. The van der Waals surface area contributed by atoms with Gasteiger partial charge in [-0.25, -0.2) is 9.48 Å². The van der Waals surface area contributed by atoms with E-state index in [-0.39, 0.29) is 12.5 Å². The number of tetrazole rings is 1. The second kappa shape index (κ2) is 8.96. The fraction of sp³-hybridized carbons (Fsp3) is 0.250. The molecule has 3 rings (SSSR count). The summed E-state index contributed by atoms with van der Waals surface area (Å²) in [5.74, 6) is 0.330. The molecule has 1 N–H and O–H groups in total. The number of nitrogens with one attached hydrogen (secondary N) is 1. The molecule has 9 heteroatoms. The molecule has 1 aromatic heterocycles. The first-order valence-electron chi connectivity index (χ1n) is 9.00. The molecule has 0 atom stereocenters. The summed E-state index contributed by atoms with van der Waals surface area (Å²) < 4.78 is 12.1. The van der Waals surface area contributed by atoms with Gasteiger partial charge in [0.1, 0.15) is 12.4 Å². The van der Waals surface area contributed by atoms with Gasteiger partial charge in [0.05, 0.1) is 12.7 Å². The number of rotatable bonds is 7. The number of hydrogen-bond acceptors (Lipinski definition) is 7. The zero-order valence-electron chi connectivity index (χ0n) is 16.4. The smallest absolute Gasteiger partial charge is 0.338 e. The van der Waals surface area contributed by atoms with Gasteiger partial charge >= 0.3 is 5.97 Å². The van der Waals surface area contributed by atoms with Crippen molar-refractivity contribution in [2.75, 3.05) is 12.4 Å². The van der Waals surface area contributed by atoms with Crippen LogP contribution < -0.4 is 10.1 Å². The summed E-state index contributed by atoms with van der Waals surface area (Å²) in [6.07, 6.45) is 0. The maximum Gasteiger partial charge on any atom is 0.338 e. The van der Waals surface area contributed by atoms with E-state index >= 15 is 0 Å². The summed E-state index contributed by atoms with van der Waals surface area (Å²) in [4.78, 5) is 24.5. The molecule has 29 heavy (non-hydrogen) atoms. The van der Waals surface area contributed by atoms with E-state index in [1.807, 2.05) is 6.92 Å². The van der Waals surface area contributed by atoms with Crippen LogP contribution in [0.1, 0.15) is 39.0 Å². The van der Waals surface area contributed by atoms with E-state index in [4.69, 9.17) is 9.47 Å². The summed E-state index contributed by atoms with van der Waals surface area (Å²) in [6, 6.07) is 11.8. The lowest BCUT2D eigenvalue weighted by Crippen LogP contribution is -2.13.